The molecule has 2 amide bonds. The Morgan fingerprint density at radius 3 is 2.45 bits per heavy atom. The smallest absolute Gasteiger partial charge is 0.263 e. The molecule has 33 heavy (non-hydrogen) atoms. The molecule has 0 spiro atoms. The minimum absolute atomic E-state index is 0.0625. The van der Waals surface area contributed by atoms with Crippen LogP contribution >= 0.6 is 0 Å². The van der Waals surface area contributed by atoms with Gasteiger partial charge in [-0.15, -0.1) is 0 Å². The van der Waals surface area contributed by atoms with Gasteiger partial charge in [-0.25, -0.2) is 4.90 Å². The molecule has 1 aromatic heterocycles. The number of aryl methyl sites for hydroxylation is 1. The molecular formula is C23H22N6O4. The van der Waals surface area contributed by atoms with E-state index in [1.54, 1.807) is 12.1 Å². The van der Waals surface area contributed by atoms with Gasteiger partial charge in [0.15, 0.2) is 12.1 Å². The molecule has 2 atom stereocenters. The highest BCUT2D eigenvalue weighted by Gasteiger charge is 2.55. The molecule has 168 valence electrons. The van der Waals surface area contributed by atoms with E-state index in [0.29, 0.717) is 11.5 Å². The van der Waals surface area contributed by atoms with Gasteiger partial charge in [-0.3, -0.25) is 14.6 Å². The molecule has 0 aliphatic carbocycles. The Kier molecular flexibility index (Phi) is 5.12. The van der Waals surface area contributed by atoms with Crippen molar-refractivity contribution in [2.75, 3.05) is 4.90 Å². The summed E-state index contributed by atoms with van der Waals surface area (Å²) in [7, 11) is 0. The zero-order valence-corrected chi connectivity index (χ0v) is 18.4. The van der Waals surface area contributed by atoms with Crippen LogP contribution in [0.4, 0.5) is 5.69 Å². The van der Waals surface area contributed by atoms with E-state index in [1.165, 1.54) is 9.91 Å². The van der Waals surface area contributed by atoms with Crippen LogP contribution in [-0.2, 0) is 16.1 Å². The lowest BCUT2D eigenvalue weighted by Crippen LogP contribution is -2.39. The van der Waals surface area contributed by atoms with Crippen molar-refractivity contribution in [1.82, 2.24) is 15.1 Å². The summed E-state index contributed by atoms with van der Waals surface area (Å²) >= 11 is 0. The molecule has 1 fully saturated rings. The largest absolute Gasteiger partial charge is 0.491 e. The second-order valence-electron chi connectivity index (χ2n) is 8.24. The van der Waals surface area contributed by atoms with E-state index in [2.05, 4.69) is 20.5 Å². The molecule has 2 aliphatic rings. The van der Waals surface area contributed by atoms with Gasteiger partial charge in [0.1, 0.15) is 12.3 Å². The predicted molar refractivity (Wildman–Crippen MR) is 117 cm³/mol. The van der Waals surface area contributed by atoms with Crippen LogP contribution in [0.2, 0.25) is 0 Å². The second-order valence-corrected chi connectivity index (χ2v) is 8.24. The van der Waals surface area contributed by atoms with Crippen LogP contribution in [0.5, 0.6) is 5.75 Å². The standard InChI is InChI=1S/C23H22N6O4/c1-13(2)32-17-10-6-15(7-11-17)21-24-18(33-26-21)12-28-20-19(25-27-28)22(30)29(23(20)31)16-8-4-14(3)5-9-16/h4-11,13,19-20H,12H2,1-3H3/t19-,20-/m0/s1. The Hall–Kier alpha value is -4.08. The van der Waals surface area contributed by atoms with Crippen molar-refractivity contribution >= 4 is 17.5 Å². The lowest BCUT2D eigenvalue weighted by Gasteiger charge is -2.19. The van der Waals surface area contributed by atoms with Crippen molar-refractivity contribution in [2.24, 2.45) is 10.3 Å². The number of hydrogen-bond donors (Lipinski definition) is 0. The number of rotatable bonds is 6. The molecule has 10 heteroatoms. The fraction of sp³-hybridized carbons (Fsp3) is 0.304. The maximum atomic E-state index is 13.1. The summed E-state index contributed by atoms with van der Waals surface area (Å²) in [6.45, 7) is 5.92. The van der Waals surface area contributed by atoms with Gasteiger partial charge in [0.2, 0.25) is 11.7 Å². The number of hydrogen-bond acceptors (Lipinski definition) is 9. The van der Waals surface area contributed by atoms with E-state index in [-0.39, 0.29) is 24.4 Å². The number of imide groups is 1. The summed E-state index contributed by atoms with van der Waals surface area (Å²) in [5.41, 5.74) is 2.32. The number of amides is 2. The normalized spacial score (nSPS) is 19.6. The number of carbonyl (C=O) groups excluding carboxylic acids is 2. The van der Waals surface area contributed by atoms with Crippen LogP contribution in [0.15, 0.2) is 63.4 Å². The van der Waals surface area contributed by atoms with Gasteiger partial charge in [0.25, 0.3) is 11.8 Å². The summed E-state index contributed by atoms with van der Waals surface area (Å²) in [4.78, 5) is 31.5. The molecule has 0 N–H and O–H groups in total. The molecule has 0 saturated carbocycles. The molecule has 0 unspecified atom stereocenters. The van der Waals surface area contributed by atoms with Gasteiger partial charge < -0.3 is 9.26 Å². The fourth-order valence-corrected chi connectivity index (χ4v) is 3.83. The average molecular weight is 446 g/mol. The number of ether oxygens (including phenoxy) is 1. The maximum Gasteiger partial charge on any atom is 0.263 e. The van der Waals surface area contributed by atoms with E-state index in [9.17, 15) is 9.59 Å². The zero-order chi connectivity index (χ0) is 23.1. The van der Waals surface area contributed by atoms with Crippen molar-refractivity contribution in [3.05, 3.63) is 60.0 Å². The van der Waals surface area contributed by atoms with Gasteiger partial charge in [-0.05, 0) is 57.2 Å². The third-order valence-electron chi connectivity index (χ3n) is 5.40. The van der Waals surface area contributed by atoms with E-state index >= 15 is 0 Å². The minimum atomic E-state index is -0.880. The van der Waals surface area contributed by atoms with Crippen molar-refractivity contribution in [1.29, 1.82) is 0 Å². The van der Waals surface area contributed by atoms with E-state index in [4.69, 9.17) is 9.26 Å². The van der Waals surface area contributed by atoms with Crippen molar-refractivity contribution in [3.63, 3.8) is 0 Å². The molecule has 0 bridgehead atoms. The molecule has 10 nitrogen and oxygen atoms in total. The molecule has 3 aromatic rings. The predicted octanol–water partition coefficient (Wildman–Crippen LogP) is 3.33. The Morgan fingerprint density at radius 2 is 1.76 bits per heavy atom. The third-order valence-corrected chi connectivity index (χ3v) is 5.40. The fourth-order valence-electron chi connectivity index (χ4n) is 3.83. The molecule has 2 aliphatic heterocycles. The van der Waals surface area contributed by atoms with Crippen LogP contribution in [0.3, 0.4) is 0 Å². The first-order chi connectivity index (χ1) is 15.9. The molecule has 2 aromatic carbocycles. The number of benzene rings is 2. The molecule has 3 heterocycles. The van der Waals surface area contributed by atoms with Crippen molar-refractivity contribution in [2.45, 2.75) is 45.5 Å². The first kappa shape index (κ1) is 20.8. The number of anilines is 1. The minimum Gasteiger partial charge on any atom is -0.491 e. The monoisotopic (exact) mass is 446 g/mol. The van der Waals surface area contributed by atoms with Crippen molar-refractivity contribution < 1.29 is 18.8 Å². The lowest BCUT2D eigenvalue weighted by atomic mass is 10.1. The molecule has 0 radical (unpaired) electrons. The molecular weight excluding hydrogens is 424 g/mol. The van der Waals surface area contributed by atoms with Crippen LogP contribution in [0.1, 0.15) is 25.3 Å². The van der Waals surface area contributed by atoms with E-state index in [1.807, 2.05) is 57.2 Å². The average Bonchev–Trinajstić information content (AvgIpc) is 3.48. The van der Waals surface area contributed by atoms with Crippen LogP contribution < -0.4 is 9.64 Å². The Bertz CT molecular complexity index is 1220. The summed E-state index contributed by atoms with van der Waals surface area (Å²) in [5, 5.41) is 13.5. The Balaban J connectivity index is 1.31. The highest BCUT2D eigenvalue weighted by Crippen LogP contribution is 2.33. The van der Waals surface area contributed by atoms with E-state index < -0.39 is 18.0 Å². The van der Waals surface area contributed by atoms with Crippen molar-refractivity contribution in [3.8, 4) is 17.1 Å². The zero-order valence-electron chi connectivity index (χ0n) is 18.4. The molecule has 5 rings (SSSR count). The summed E-state index contributed by atoms with van der Waals surface area (Å²) in [5.74, 6) is 0.655. The van der Waals surface area contributed by atoms with Crippen LogP contribution in [0.25, 0.3) is 11.4 Å². The summed E-state index contributed by atoms with van der Waals surface area (Å²) in [6, 6.07) is 12.9. The van der Waals surface area contributed by atoms with Crippen LogP contribution in [0, 0.1) is 6.92 Å². The number of carbonyl (C=O) groups is 2. The van der Waals surface area contributed by atoms with E-state index in [0.717, 1.165) is 16.9 Å². The first-order valence-electron chi connectivity index (χ1n) is 10.6. The Morgan fingerprint density at radius 1 is 1.03 bits per heavy atom. The second kappa shape index (κ2) is 8.12. The number of fused-ring (bicyclic) bond motifs is 1. The van der Waals surface area contributed by atoms with Gasteiger partial charge >= 0.3 is 0 Å². The SMILES string of the molecule is Cc1ccc(N2C(=O)[C@H]3N=NN(Cc4nc(-c5ccc(OC(C)C)cc5)no4)[C@@H]3C2=O)cc1. The highest BCUT2D eigenvalue weighted by molar-refractivity contribution is 6.25. The third kappa shape index (κ3) is 3.84. The number of aromatic nitrogens is 2. The highest BCUT2D eigenvalue weighted by atomic mass is 16.5. The summed E-state index contributed by atoms with van der Waals surface area (Å²) < 4.78 is 11.0. The lowest BCUT2D eigenvalue weighted by molar-refractivity contribution is -0.123. The van der Waals surface area contributed by atoms with Gasteiger partial charge in [-0.1, -0.05) is 28.1 Å². The van der Waals surface area contributed by atoms with Crippen LogP contribution in [-0.4, -0.2) is 45.2 Å². The number of nitrogens with zero attached hydrogens (tertiary/aromatic N) is 6. The topological polar surface area (TPSA) is 113 Å². The van der Waals surface area contributed by atoms with Gasteiger partial charge in [-0.2, -0.15) is 10.1 Å². The Labute approximate surface area is 189 Å². The summed E-state index contributed by atoms with van der Waals surface area (Å²) in [6.07, 6.45) is 0.0817. The van der Waals surface area contributed by atoms with Gasteiger partial charge in [0.05, 0.1) is 11.8 Å². The maximum absolute atomic E-state index is 13.1. The quantitative estimate of drug-likeness (QED) is 0.534. The molecule has 1 saturated heterocycles. The first-order valence-corrected chi connectivity index (χ1v) is 10.6. The van der Waals surface area contributed by atoms with Gasteiger partial charge in [0, 0.05) is 5.56 Å².